The lowest BCUT2D eigenvalue weighted by molar-refractivity contribution is 0.289. The van der Waals surface area contributed by atoms with E-state index in [4.69, 9.17) is 0 Å². The van der Waals surface area contributed by atoms with Crippen molar-refractivity contribution in [3.8, 4) is 0 Å². The van der Waals surface area contributed by atoms with Crippen LogP contribution >= 0.6 is 16.4 Å². The van der Waals surface area contributed by atoms with Gasteiger partial charge in [0.25, 0.3) is 0 Å². The van der Waals surface area contributed by atoms with E-state index in [9.17, 15) is 0 Å². The fourth-order valence-corrected chi connectivity index (χ4v) is 15.3. The van der Waals surface area contributed by atoms with Crippen molar-refractivity contribution in [2.45, 2.75) is 210 Å². The largest absolute Gasteiger partial charge is 0.221 e. The maximum atomic E-state index is 3.02. The third-order valence-electron chi connectivity index (χ3n) is 9.50. The van der Waals surface area contributed by atoms with Crippen LogP contribution in [0.3, 0.4) is 0 Å². The Morgan fingerprint density at radius 2 is 0.500 bits per heavy atom. The van der Waals surface area contributed by atoms with Crippen molar-refractivity contribution in [2.75, 3.05) is 0 Å². The van der Waals surface area contributed by atoms with E-state index in [1.54, 1.807) is 10.6 Å². The Labute approximate surface area is 302 Å². The molecule has 4 heteroatoms. The molecule has 0 saturated carbocycles. The van der Waals surface area contributed by atoms with Crippen LogP contribution in [0, 0.1) is 0 Å². The molecular weight excluding hydrogens is 618 g/mol. The van der Waals surface area contributed by atoms with E-state index in [-0.39, 0.29) is 43.6 Å². The Morgan fingerprint density at radius 1 is 0.312 bits per heavy atom. The van der Waals surface area contributed by atoms with E-state index >= 15 is 0 Å². The zero-order valence-electron chi connectivity index (χ0n) is 36.1. The van der Waals surface area contributed by atoms with Gasteiger partial charge in [0.05, 0.1) is 16.4 Å². The molecule has 0 atom stereocenters. The van der Waals surface area contributed by atoms with Crippen molar-refractivity contribution in [2.24, 2.45) is 0 Å². The fraction of sp³-hybridized carbons (Fsp3) is 0.727. The van der Waals surface area contributed by atoms with Crippen molar-refractivity contribution >= 4 is 27.1 Å². The van der Waals surface area contributed by atoms with E-state index in [2.05, 4.69) is 199 Å². The van der Waals surface area contributed by atoms with E-state index < -0.39 is 16.4 Å². The average molecular weight is 695 g/mol. The second-order valence-electron chi connectivity index (χ2n) is 22.8. The summed E-state index contributed by atoms with van der Waals surface area (Å²) in [5.74, 6) is 0. The fourth-order valence-electron chi connectivity index (χ4n) is 6.66. The molecule has 0 N–H and O–H groups in total. The van der Waals surface area contributed by atoms with Crippen LogP contribution in [-0.4, -0.2) is 20.0 Å². The second-order valence-corrected chi connectivity index (χ2v) is 27.1. The molecule has 1 heterocycles. The summed E-state index contributed by atoms with van der Waals surface area (Å²) >= 11 is 0. The number of hydrogen-bond donors (Lipinski definition) is 0. The SMILES string of the molecule is CC(C)(C)c1cc(C(C)(C)C)c(P2N(C(C)(C)C)P(c3c(C(C)(C)C)cc(C(C)(C)C)cc3C(C)(C)C)N2C(C)(C)C)c(C(C)(C)C)c1. The molecule has 1 saturated heterocycles. The van der Waals surface area contributed by atoms with Crippen LogP contribution in [0.15, 0.2) is 24.3 Å². The van der Waals surface area contributed by atoms with Gasteiger partial charge in [0.2, 0.25) is 0 Å². The lowest BCUT2D eigenvalue weighted by atomic mass is 9.75. The first kappa shape index (κ1) is 41.6. The molecule has 48 heavy (non-hydrogen) atoms. The highest BCUT2D eigenvalue weighted by atomic mass is 31.3. The van der Waals surface area contributed by atoms with Gasteiger partial charge in [-0.1, -0.05) is 149 Å². The Morgan fingerprint density at radius 3 is 0.625 bits per heavy atom. The van der Waals surface area contributed by atoms with Crippen molar-refractivity contribution in [1.82, 2.24) is 8.88 Å². The van der Waals surface area contributed by atoms with Crippen LogP contribution in [-0.2, 0) is 32.5 Å². The van der Waals surface area contributed by atoms with E-state index in [0.29, 0.717) is 0 Å². The zero-order chi connectivity index (χ0) is 37.8. The molecule has 0 radical (unpaired) electrons. The quantitative estimate of drug-likeness (QED) is 0.289. The van der Waals surface area contributed by atoms with Crippen LogP contribution < -0.4 is 10.6 Å². The molecule has 2 nitrogen and oxygen atoms in total. The topological polar surface area (TPSA) is 6.48 Å². The maximum Gasteiger partial charge on any atom is 0.0840 e. The van der Waals surface area contributed by atoms with Gasteiger partial charge in [0.15, 0.2) is 0 Å². The van der Waals surface area contributed by atoms with Crippen LogP contribution in [0.1, 0.15) is 200 Å². The Hall–Kier alpha value is -0.780. The highest BCUT2D eigenvalue weighted by molar-refractivity contribution is 7.89. The number of nitrogens with zero attached hydrogens (tertiary/aromatic N) is 2. The molecule has 3 rings (SSSR count). The van der Waals surface area contributed by atoms with Crippen LogP contribution in [0.25, 0.3) is 0 Å². The number of rotatable bonds is 2. The monoisotopic (exact) mass is 695 g/mol. The summed E-state index contributed by atoms with van der Waals surface area (Å²) in [6, 6.07) is 10.4. The van der Waals surface area contributed by atoms with Gasteiger partial charge < -0.3 is 0 Å². The Bertz CT molecular complexity index is 1300. The van der Waals surface area contributed by atoms with Gasteiger partial charge in [-0.3, -0.25) is 0 Å². The predicted molar refractivity (Wildman–Crippen MR) is 221 cm³/mol. The van der Waals surface area contributed by atoms with E-state index in [1.807, 2.05) is 0 Å². The second kappa shape index (κ2) is 12.4. The minimum atomic E-state index is -0.808. The van der Waals surface area contributed by atoms with Gasteiger partial charge in [0.1, 0.15) is 0 Å². The van der Waals surface area contributed by atoms with Crippen LogP contribution in [0.5, 0.6) is 0 Å². The molecule has 2 aromatic rings. The molecule has 0 unspecified atom stereocenters. The summed E-state index contributed by atoms with van der Waals surface area (Å²) in [6.45, 7) is 58.4. The summed E-state index contributed by atoms with van der Waals surface area (Å²) in [6.07, 6.45) is 0. The lowest BCUT2D eigenvalue weighted by Gasteiger charge is -2.67. The summed E-state index contributed by atoms with van der Waals surface area (Å²) in [7, 11) is -1.62. The first-order valence-corrected chi connectivity index (χ1v) is 21.0. The molecule has 0 bridgehead atoms. The molecule has 1 aliphatic rings. The zero-order valence-corrected chi connectivity index (χ0v) is 37.9. The third-order valence-corrected chi connectivity index (χ3v) is 17.1. The van der Waals surface area contributed by atoms with Gasteiger partial charge in [-0.15, -0.1) is 0 Å². The summed E-state index contributed by atoms with van der Waals surface area (Å²) in [4.78, 5) is 0. The molecule has 0 spiro atoms. The normalized spacial score (nSPS) is 19.9. The first-order valence-electron chi connectivity index (χ1n) is 18.5. The van der Waals surface area contributed by atoms with Gasteiger partial charge in [0, 0.05) is 21.7 Å². The molecule has 1 fully saturated rings. The highest BCUT2D eigenvalue weighted by Crippen LogP contribution is 2.81. The van der Waals surface area contributed by atoms with Gasteiger partial charge >= 0.3 is 0 Å². The highest BCUT2D eigenvalue weighted by Gasteiger charge is 2.60. The van der Waals surface area contributed by atoms with Crippen LogP contribution in [0.4, 0.5) is 0 Å². The van der Waals surface area contributed by atoms with Crippen molar-refractivity contribution in [1.29, 1.82) is 0 Å². The summed E-state index contributed by atoms with van der Waals surface area (Å²) in [5, 5.41) is 3.20. The van der Waals surface area contributed by atoms with Crippen molar-refractivity contribution in [3.63, 3.8) is 0 Å². The van der Waals surface area contributed by atoms with Gasteiger partial charge in [-0.25, -0.2) is 8.88 Å². The molecule has 0 aliphatic carbocycles. The number of hydrogen-bond acceptors (Lipinski definition) is 2. The minimum absolute atomic E-state index is 0.00583. The minimum Gasteiger partial charge on any atom is -0.221 e. The van der Waals surface area contributed by atoms with Gasteiger partial charge in [-0.05, 0) is 107 Å². The molecule has 0 amide bonds. The molecular formula is C44H76N2P2. The standard InChI is InChI=1S/C44H76N2P2/c1-37(2,3)29-25-31(39(7,8)9)35(32(26-29)40(10,11)12)47-45(43(19,20)21)48(46(47)44(22,23)24)36-33(41(13,14)15)27-30(38(4,5)6)28-34(36)42(16,17)18/h25-28H,1-24H3. The van der Waals surface area contributed by atoms with Crippen LogP contribution in [0.2, 0.25) is 0 Å². The van der Waals surface area contributed by atoms with E-state index in [0.717, 1.165) is 0 Å². The van der Waals surface area contributed by atoms with E-state index in [1.165, 1.54) is 33.4 Å². The molecule has 2 aromatic carbocycles. The first-order chi connectivity index (χ1) is 20.9. The Kier molecular flexibility index (Phi) is 10.8. The summed E-state index contributed by atoms with van der Waals surface area (Å²) in [5.41, 5.74) is 9.12. The lowest BCUT2D eigenvalue weighted by Crippen LogP contribution is -2.59. The van der Waals surface area contributed by atoms with Gasteiger partial charge in [-0.2, -0.15) is 0 Å². The van der Waals surface area contributed by atoms with Crippen molar-refractivity contribution in [3.05, 3.63) is 57.6 Å². The molecule has 1 aliphatic heterocycles. The molecule has 0 aromatic heterocycles. The smallest absolute Gasteiger partial charge is 0.0840 e. The van der Waals surface area contributed by atoms with Crippen molar-refractivity contribution < 1.29 is 0 Å². The average Bonchev–Trinajstić information content (AvgIpc) is 2.77. The summed E-state index contributed by atoms with van der Waals surface area (Å²) < 4.78 is 6.05. The maximum absolute atomic E-state index is 3.02. The third kappa shape index (κ3) is 8.30. The Balaban J connectivity index is 2.65. The number of benzene rings is 2. The molecule has 272 valence electrons. The predicted octanol–water partition coefficient (Wildman–Crippen LogP) is 13.3.